The maximum absolute atomic E-state index is 13.5. The van der Waals surface area contributed by atoms with E-state index in [-0.39, 0.29) is 28.7 Å². The molecule has 0 aliphatic carbocycles. The van der Waals surface area contributed by atoms with Crippen molar-refractivity contribution in [3.05, 3.63) is 28.8 Å². The predicted molar refractivity (Wildman–Crippen MR) is 62.5 cm³/mol. The number of carbonyl (C=O) groups is 1. The Morgan fingerprint density at radius 1 is 1.50 bits per heavy atom. The lowest BCUT2D eigenvalue weighted by molar-refractivity contribution is -0.104. The number of alkyl carbamates (subject to hydrolysis) is 1. The Morgan fingerprint density at radius 2 is 2.17 bits per heavy atom. The first kappa shape index (κ1) is 14.8. The predicted octanol–water partition coefficient (Wildman–Crippen LogP) is 2.88. The van der Waals surface area contributed by atoms with Crippen molar-refractivity contribution in [2.45, 2.75) is 12.0 Å². The van der Waals surface area contributed by atoms with Gasteiger partial charge in [0, 0.05) is 0 Å². The normalized spacial score (nSPS) is 21.5. The number of amides is 1. The molecule has 0 bridgehead atoms. The molecule has 1 aliphatic rings. The van der Waals surface area contributed by atoms with Crippen LogP contribution in [0.3, 0.4) is 0 Å². The highest BCUT2D eigenvalue weighted by molar-refractivity contribution is 6.32. The number of nitrogens with one attached hydrogen (secondary N) is 1. The summed E-state index contributed by atoms with van der Waals surface area (Å²) >= 11 is 5.62. The second-order valence-electron chi connectivity index (χ2n) is 3.63. The van der Waals surface area contributed by atoms with Gasteiger partial charge in [0.25, 0.3) is 0 Å². The third-order valence-electron chi connectivity index (χ3n) is 2.39. The lowest BCUT2D eigenvalue weighted by Crippen LogP contribution is -2.49. The van der Waals surface area contributed by atoms with Crippen molar-refractivity contribution >= 4 is 30.1 Å². The van der Waals surface area contributed by atoms with Crippen LogP contribution in [0.25, 0.3) is 0 Å². The molecule has 0 unspecified atom stereocenters. The third kappa shape index (κ3) is 2.76. The molecule has 4 nitrogen and oxygen atoms in total. The van der Waals surface area contributed by atoms with Gasteiger partial charge >= 0.3 is 12.0 Å². The van der Waals surface area contributed by atoms with Crippen molar-refractivity contribution in [3.63, 3.8) is 0 Å². The molecule has 0 aromatic heterocycles. The number of halogens is 4. The fraction of sp³-hybridized carbons (Fsp3) is 0.300. The van der Waals surface area contributed by atoms with Gasteiger partial charge in [-0.2, -0.15) is 0 Å². The Balaban J connectivity index is 0.00000162. The van der Waals surface area contributed by atoms with E-state index in [1.54, 1.807) is 0 Å². The van der Waals surface area contributed by atoms with Gasteiger partial charge < -0.3 is 15.2 Å². The molecule has 100 valence electrons. The highest BCUT2D eigenvalue weighted by Gasteiger charge is 2.46. The van der Waals surface area contributed by atoms with E-state index in [4.69, 9.17) is 11.6 Å². The number of carbonyl (C=O) groups excluding carboxylic acids is 1. The third-order valence-corrected chi connectivity index (χ3v) is 2.69. The molecular formula is C10H9Cl2F2NO3. The molecule has 2 N–H and O–H groups in total. The minimum atomic E-state index is -3.23. The number of phenolic OH excluding ortho intramolecular Hbond substituents is 1. The maximum atomic E-state index is 13.5. The number of aromatic hydroxyl groups is 1. The zero-order valence-corrected chi connectivity index (χ0v) is 10.4. The van der Waals surface area contributed by atoms with Gasteiger partial charge in [-0.25, -0.2) is 13.6 Å². The second kappa shape index (κ2) is 5.16. The molecule has 1 amide bonds. The monoisotopic (exact) mass is 299 g/mol. The van der Waals surface area contributed by atoms with Crippen LogP contribution in [-0.4, -0.2) is 23.7 Å². The highest BCUT2D eigenvalue weighted by atomic mass is 35.5. The van der Waals surface area contributed by atoms with E-state index >= 15 is 0 Å². The standard InChI is InChI=1S/C10H8ClF2NO3.ClH/c11-6-3-5(1-2-7(6)15)8-10(12,13)4-17-9(16)14-8;/h1-3,8,15H,4H2,(H,14,16);1H/t8-;/m1./s1. The molecule has 1 heterocycles. The summed E-state index contributed by atoms with van der Waals surface area (Å²) in [7, 11) is 0. The summed E-state index contributed by atoms with van der Waals surface area (Å²) in [4.78, 5) is 10.9. The minimum Gasteiger partial charge on any atom is -0.506 e. The summed E-state index contributed by atoms with van der Waals surface area (Å²) in [6, 6.07) is 2.13. The number of cyclic esters (lactones) is 1. The first-order valence-electron chi connectivity index (χ1n) is 4.70. The Labute approximate surface area is 112 Å². The van der Waals surface area contributed by atoms with Crippen molar-refractivity contribution in [2.75, 3.05) is 6.61 Å². The van der Waals surface area contributed by atoms with E-state index in [0.29, 0.717) is 0 Å². The molecule has 8 heteroatoms. The average Bonchev–Trinajstić information content (AvgIpc) is 2.26. The van der Waals surface area contributed by atoms with Gasteiger partial charge in [-0.3, -0.25) is 0 Å². The first-order valence-corrected chi connectivity index (χ1v) is 5.07. The fourth-order valence-corrected chi connectivity index (χ4v) is 1.73. The number of hydrogen-bond acceptors (Lipinski definition) is 3. The van der Waals surface area contributed by atoms with Crippen LogP contribution in [0.1, 0.15) is 11.6 Å². The number of ether oxygens (including phenoxy) is 1. The number of phenols is 1. The van der Waals surface area contributed by atoms with Gasteiger partial charge in [-0.05, 0) is 17.7 Å². The molecule has 0 radical (unpaired) electrons. The minimum absolute atomic E-state index is 0. The summed E-state index contributed by atoms with van der Waals surface area (Å²) in [5.41, 5.74) is 0.106. The van der Waals surface area contributed by atoms with Gasteiger partial charge in [0.15, 0.2) is 6.61 Å². The molecule has 1 atom stereocenters. The van der Waals surface area contributed by atoms with Crippen molar-refractivity contribution in [2.24, 2.45) is 0 Å². The lowest BCUT2D eigenvalue weighted by Gasteiger charge is -2.31. The molecule has 0 spiro atoms. The summed E-state index contributed by atoms with van der Waals surface area (Å²) < 4.78 is 31.2. The fourth-order valence-electron chi connectivity index (χ4n) is 1.54. The number of alkyl halides is 2. The van der Waals surface area contributed by atoms with Gasteiger partial charge in [-0.1, -0.05) is 17.7 Å². The molecule has 18 heavy (non-hydrogen) atoms. The summed E-state index contributed by atoms with van der Waals surface area (Å²) in [5, 5.41) is 11.2. The van der Waals surface area contributed by atoms with E-state index in [2.05, 4.69) is 4.74 Å². The van der Waals surface area contributed by atoms with Gasteiger partial charge in [0.1, 0.15) is 11.8 Å². The molecule has 1 fully saturated rings. The van der Waals surface area contributed by atoms with Crippen LogP contribution in [-0.2, 0) is 4.74 Å². The molecule has 1 saturated heterocycles. The molecular weight excluding hydrogens is 291 g/mol. The lowest BCUT2D eigenvalue weighted by atomic mass is 10.00. The number of rotatable bonds is 1. The summed E-state index contributed by atoms with van der Waals surface area (Å²) in [6.07, 6.45) is -0.912. The van der Waals surface area contributed by atoms with Crippen LogP contribution in [0.2, 0.25) is 5.02 Å². The van der Waals surface area contributed by atoms with Gasteiger partial charge in [-0.15, -0.1) is 12.4 Å². The van der Waals surface area contributed by atoms with Crippen LogP contribution < -0.4 is 5.32 Å². The quantitative estimate of drug-likeness (QED) is 0.838. The number of hydrogen-bond donors (Lipinski definition) is 2. The Bertz CT molecular complexity index is 470. The van der Waals surface area contributed by atoms with Gasteiger partial charge in [0.05, 0.1) is 5.02 Å². The average molecular weight is 300 g/mol. The van der Waals surface area contributed by atoms with Crippen LogP contribution in [0.5, 0.6) is 5.75 Å². The van der Waals surface area contributed by atoms with Crippen molar-refractivity contribution in [1.29, 1.82) is 0 Å². The van der Waals surface area contributed by atoms with Crippen molar-refractivity contribution in [1.82, 2.24) is 5.32 Å². The highest BCUT2D eigenvalue weighted by Crippen LogP contribution is 2.36. The van der Waals surface area contributed by atoms with E-state index in [1.807, 2.05) is 5.32 Å². The van der Waals surface area contributed by atoms with E-state index in [1.165, 1.54) is 18.2 Å². The SMILES string of the molecule is Cl.O=C1N[C@H](c2ccc(O)c(Cl)c2)C(F)(F)CO1. The molecule has 0 saturated carbocycles. The topological polar surface area (TPSA) is 58.6 Å². The maximum Gasteiger partial charge on any atom is 0.408 e. The zero-order chi connectivity index (χ0) is 12.6. The van der Waals surface area contributed by atoms with E-state index in [9.17, 15) is 18.7 Å². The van der Waals surface area contributed by atoms with E-state index in [0.717, 1.165) is 0 Å². The Kier molecular flexibility index (Phi) is 4.24. The summed E-state index contributed by atoms with van der Waals surface area (Å²) in [6.45, 7) is -0.984. The Morgan fingerprint density at radius 3 is 2.78 bits per heavy atom. The smallest absolute Gasteiger partial charge is 0.408 e. The second-order valence-corrected chi connectivity index (χ2v) is 4.03. The van der Waals surface area contributed by atoms with Crippen molar-refractivity contribution < 1.29 is 23.4 Å². The van der Waals surface area contributed by atoms with E-state index < -0.39 is 24.7 Å². The van der Waals surface area contributed by atoms with Crippen LogP contribution in [0.4, 0.5) is 13.6 Å². The first-order chi connectivity index (χ1) is 7.90. The van der Waals surface area contributed by atoms with Crippen LogP contribution >= 0.6 is 24.0 Å². The Hall–Kier alpha value is -1.27. The summed E-state index contributed by atoms with van der Waals surface area (Å²) in [5.74, 6) is -3.44. The van der Waals surface area contributed by atoms with Crippen LogP contribution in [0.15, 0.2) is 18.2 Å². The zero-order valence-electron chi connectivity index (χ0n) is 8.82. The molecule has 1 aromatic carbocycles. The largest absolute Gasteiger partial charge is 0.506 e. The number of benzene rings is 1. The molecule has 1 aliphatic heterocycles. The van der Waals surface area contributed by atoms with Gasteiger partial charge in [0.2, 0.25) is 0 Å². The molecule has 2 rings (SSSR count). The molecule has 1 aromatic rings. The van der Waals surface area contributed by atoms with Crippen molar-refractivity contribution in [3.8, 4) is 5.75 Å². The van der Waals surface area contributed by atoms with Crippen LogP contribution in [0, 0.1) is 0 Å².